The number of anilines is 1. The Hall–Kier alpha value is -3.49. The Balaban J connectivity index is 1.78. The standard InChI is InChI=1S/C27H26ClN3O4S/c1-27(2,3)35-26(32)29(4)20-12-13-21-23(15-20)30(16-18-8-7-9-19(28)14-18)17-25(21)36-24-11-6-5-10-22(24)31(33)34/h5-15,17H,16H2,1-4H3. The largest absolute Gasteiger partial charge is 0.443 e. The lowest BCUT2D eigenvalue weighted by Gasteiger charge is -2.24. The lowest BCUT2D eigenvalue weighted by atomic mass is 10.2. The van der Waals surface area contributed by atoms with Gasteiger partial charge in [-0.3, -0.25) is 15.0 Å². The highest BCUT2D eigenvalue weighted by molar-refractivity contribution is 7.99. The third kappa shape index (κ3) is 5.83. The van der Waals surface area contributed by atoms with E-state index >= 15 is 0 Å². The van der Waals surface area contributed by atoms with Crippen LogP contribution in [-0.2, 0) is 11.3 Å². The number of nitro groups is 1. The molecule has 9 heteroatoms. The van der Waals surface area contributed by atoms with Gasteiger partial charge < -0.3 is 9.30 Å². The van der Waals surface area contributed by atoms with E-state index in [2.05, 4.69) is 4.57 Å². The molecule has 0 bridgehead atoms. The topological polar surface area (TPSA) is 77.6 Å². The van der Waals surface area contributed by atoms with Crippen molar-refractivity contribution in [2.75, 3.05) is 11.9 Å². The van der Waals surface area contributed by atoms with E-state index in [9.17, 15) is 14.9 Å². The molecule has 0 N–H and O–H groups in total. The van der Waals surface area contributed by atoms with Crippen molar-refractivity contribution in [1.29, 1.82) is 0 Å². The lowest BCUT2D eigenvalue weighted by Crippen LogP contribution is -2.34. The van der Waals surface area contributed by atoms with Crippen LogP contribution in [-0.4, -0.2) is 28.2 Å². The zero-order valence-corrected chi connectivity index (χ0v) is 22.0. The Morgan fingerprint density at radius 1 is 1.08 bits per heavy atom. The van der Waals surface area contributed by atoms with Crippen LogP contribution in [0.5, 0.6) is 0 Å². The van der Waals surface area contributed by atoms with Crippen LogP contribution >= 0.6 is 23.4 Å². The van der Waals surface area contributed by atoms with Gasteiger partial charge in [-0.2, -0.15) is 0 Å². The van der Waals surface area contributed by atoms with Gasteiger partial charge in [-0.1, -0.05) is 47.6 Å². The number of rotatable bonds is 6. The molecule has 7 nitrogen and oxygen atoms in total. The predicted octanol–water partition coefficient (Wildman–Crippen LogP) is 7.77. The molecule has 0 fully saturated rings. The number of halogens is 1. The molecule has 36 heavy (non-hydrogen) atoms. The zero-order chi connectivity index (χ0) is 26.0. The highest BCUT2D eigenvalue weighted by Gasteiger charge is 2.22. The van der Waals surface area contributed by atoms with Gasteiger partial charge in [0, 0.05) is 46.8 Å². The Bertz CT molecular complexity index is 1440. The summed E-state index contributed by atoms with van der Waals surface area (Å²) in [5, 5.41) is 13.1. The second-order valence-electron chi connectivity index (χ2n) is 9.32. The van der Waals surface area contributed by atoms with Crippen LogP contribution in [0.25, 0.3) is 10.9 Å². The Kier molecular flexibility index (Phi) is 7.28. The van der Waals surface area contributed by atoms with Crippen molar-refractivity contribution in [3.8, 4) is 0 Å². The maximum atomic E-state index is 12.7. The average molecular weight is 524 g/mol. The molecular weight excluding hydrogens is 498 g/mol. The van der Waals surface area contributed by atoms with E-state index in [1.165, 1.54) is 22.7 Å². The number of fused-ring (bicyclic) bond motifs is 1. The number of aromatic nitrogens is 1. The summed E-state index contributed by atoms with van der Waals surface area (Å²) in [6.07, 6.45) is 1.52. The number of carbonyl (C=O) groups is 1. The summed E-state index contributed by atoms with van der Waals surface area (Å²) >= 11 is 7.55. The molecule has 0 aliphatic carbocycles. The highest BCUT2D eigenvalue weighted by Crippen LogP contribution is 2.40. The van der Waals surface area contributed by atoms with Crippen LogP contribution in [0, 0.1) is 10.1 Å². The molecule has 0 spiro atoms. The maximum absolute atomic E-state index is 12.7. The first-order valence-electron chi connectivity index (χ1n) is 11.3. The van der Waals surface area contributed by atoms with Crippen LogP contribution in [0.1, 0.15) is 26.3 Å². The second-order valence-corrected chi connectivity index (χ2v) is 10.8. The van der Waals surface area contributed by atoms with Crippen LogP contribution in [0.4, 0.5) is 16.2 Å². The predicted molar refractivity (Wildman–Crippen MR) is 144 cm³/mol. The van der Waals surface area contributed by atoms with E-state index in [0.29, 0.717) is 22.2 Å². The minimum Gasteiger partial charge on any atom is -0.443 e. The molecule has 0 aliphatic heterocycles. The highest BCUT2D eigenvalue weighted by atomic mass is 35.5. The van der Waals surface area contributed by atoms with E-state index in [4.69, 9.17) is 16.3 Å². The molecule has 186 valence electrons. The molecule has 0 aliphatic rings. The quantitative estimate of drug-likeness (QED) is 0.190. The minimum absolute atomic E-state index is 0.0551. The van der Waals surface area contributed by atoms with Crippen molar-refractivity contribution in [2.45, 2.75) is 42.7 Å². The fraction of sp³-hybridized carbons (Fsp3) is 0.222. The number of hydrogen-bond acceptors (Lipinski definition) is 5. The summed E-state index contributed by atoms with van der Waals surface area (Å²) in [5.41, 5.74) is 2.00. The van der Waals surface area contributed by atoms with Crippen molar-refractivity contribution in [3.63, 3.8) is 0 Å². The van der Waals surface area contributed by atoms with Crippen LogP contribution in [0.15, 0.2) is 82.7 Å². The number of benzene rings is 3. The van der Waals surface area contributed by atoms with E-state index in [-0.39, 0.29) is 10.6 Å². The Morgan fingerprint density at radius 2 is 1.83 bits per heavy atom. The molecule has 0 unspecified atom stereocenters. The summed E-state index contributed by atoms with van der Waals surface area (Å²) < 4.78 is 7.58. The fourth-order valence-electron chi connectivity index (χ4n) is 3.75. The van der Waals surface area contributed by atoms with Gasteiger partial charge in [-0.25, -0.2) is 4.79 Å². The molecule has 1 heterocycles. The maximum Gasteiger partial charge on any atom is 0.414 e. The third-order valence-electron chi connectivity index (χ3n) is 5.41. The van der Waals surface area contributed by atoms with Gasteiger partial charge in [0.1, 0.15) is 5.60 Å². The molecule has 0 radical (unpaired) electrons. The van der Waals surface area contributed by atoms with E-state index < -0.39 is 11.7 Å². The molecular formula is C27H26ClN3O4S. The number of hydrogen-bond donors (Lipinski definition) is 0. The molecule has 1 aromatic heterocycles. The monoisotopic (exact) mass is 523 g/mol. The molecule has 4 aromatic rings. The summed E-state index contributed by atoms with van der Waals surface area (Å²) in [7, 11) is 1.67. The Morgan fingerprint density at radius 3 is 2.53 bits per heavy atom. The lowest BCUT2D eigenvalue weighted by molar-refractivity contribution is -0.387. The van der Waals surface area contributed by atoms with Crippen LogP contribution in [0.2, 0.25) is 5.02 Å². The second kappa shape index (κ2) is 10.2. The fourth-order valence-corrected chi connectivity index (χ4v) is 5.05. The van der Waals surface area contributed by atoms with Gasteiger partial charge in [0.15, 0.2) is 0 Å². The zero-order valence-electron chi connectivity index (χ0n) is 20.4. The summed E-state index contributed by atoms with van der Waals surface area (Å²) in [4.78, 5) is 26.8. The first kappa shape index (κ1) is 25.6. The molecule has 0 atom stereocenters. The number of amides is 1. The van der Waals surface area contributed by atoms with E-state index in [1.807, 2.05) is 69.4 Å². The van der Waals surface area contributed by atoms with Gasteiger partial charge in [0.2, 0.25) is 0 Å². The van der Waals surface area contributed by atoms with Gasteiger partial charge in [-0.15, -0.1) is 0 Å². The molecule has 1 amide bonds. The van der Waals surface area contributed by atoms with Gasteiger partial charge in [-0.05, 0) is 62.7 Å². The number of para-hydroxylation sites is 1. The third-order valence-corrected chi connectivity index (χ3v) is 6.75. The number of nitro benzene ring substituents is 1. The van der Waals surface area contributed by atoms with Crippen molar-refractivity contribution >= 4 is 51.7 Å². The number of carbonyl (C=O) groups excluding carboxylic acids is 1. The average Bonchev–Trinajstić information content (AvgIpc) is 3.14. The van der Waals surface area contributed by atoms with Gasteiger partial charge >= 0.3 is 6.09 Å². The smallest absolute Gasteiger partial charge is 0.414 e. The normalized spacial score (nSPS) is 11.5. The molecule has 3 aromatic carbocycles. The summed E-state index contributed by atoms with van der Waals surface area (Å²) in [6.45, 7) is 6.01. The van der Waals surface area contributed by atoms with Crippen molar-refractivity contribution in [2.24, 2.45) is 0 Å². The van der Waals surface area contributed by atoms with Crippen molar-refractivity contribution < 1.29 is 14.5 Å². The van der Waals surface area contributed by atoms with Gasteiger partial charge in [0.05, 0.1) is 15.3 Å². The van der Waals surface area contributed by atoms with Crippen molar-refractivity contribution in [3.05, 3.63) is 93.6 Å². The SMILES string of the molecule is CN(C(=O)OC(C)(C)C)c1ccc2c(Sc3ccccc3[N+](=O)[O-])cn(Cc3cccc(Cl)c3)c2c1. The first-order chi connectivity index (χ1) is 17.0. The molecule has 0 saturated heterocycles. The summed E-state index contributed by atoms with van der Waals surface area (Å²) in [6, 6.07) is 20.0. The molecule has 4 rings (SSSR count). The van der Waals surface area contributed by atoms with E-state index in [1.54, 1.807) is 25.2 Å². The van der Waals surface area contributed by atoms with Crippen LogP contribution < -0.4 is 4.90 Å². The molecule has 0 saturated carbocycles. The first-order valence-corrected chi connectivity index (χ1v) is 12.5. The van der Waals surface area contributed by atoms with Gasteiger partial charge in [0.25, 0.3) is 5.69 Å². The summed E-state index contributed by atoms with van der Waals surface area (Å²) in [5.74, 6) is 0. The minimum atomic E-state index is -0.615. The van der Waals surface area contributed by atoms with E-state index in [0.717, 1.165) is 21.4 Å². The van der Waals surface area contributed by atoms with Crippen molar-refractivity contribution in [1.82, 2.24) is 4.57 Å². The van der Waals surface area contributed by atoms with Crippen LogP contribution in [0.3, 0.4) is 0 Å². The number of ether oxygens (including phenoxy) is 1. The number of nitrogens with zero attached hydrogens (tertiary/aromatic N) is 3. The Labute approximate surface area is 218 Å².